The molecule has 0 aliphatic heterocycles. The van der Waals surface area contributed by atoms with Crippen LogP contribution < -0.4 is 0 Å². The number of Topliss-reactive ketones (excluding diaryl/α,β-unsaturated/α-hetero) is 1. The van der Waals surface area contributed by atoms with Crippen LogP contribution in [-0.4, -0.2) is 20.4 Å². The number of aromatic nitrogens is 3. The summed E-state index contributed by atoms with van der Waals surface area (Å²) in [7, 11) is 0. The molecule has 0 radical (unpaired) electrons. The first-order chi connectivity index (χ1) is 7.08. The van der Waals surface area contributed by atoms with Crippen LogP contribution >= 0.6 is 0 Å². The van der Waals surface area contributed by atoms with Gasteiger partial charge in [0.05, 0.1) is 11.3 Å². The number of ketones is 1. The van der Waals surface area contributed by atoms with Crippen molar-refractivity contribution in [1.82, 2.24) is 14.6 Å². The molecule has 78 valence electrons. The fourth-order valence-corrected chi connectivity index (χ4v) is 1.36. The van der Waals surface area contributed by atoms with Gasteiger partial charge in [0, 0.05) is 18.5 Å². The second kappa shape index (κ2) is 3.46. The van der Waals surface area contributed by atoms with Crippen LogP contribution in [0.3, 0.4) is 0 Å². The maximum absolute atomic E-state index is 11.1. The van der Waals surface area contributed by atoms with Gasteiger partial charge in [-0.25, -0.2) is 9.50 Å². The summed E-state index contributed by atoms with van der Waals surface area (Å²) in [4.78, 5) is 15.3. The average Bonchev–Trinajstić information content (AvgIpc) is 2.59. The van der Waals surface area contributed by atoms with Crippen LogP contribution in [0.4, 0.5) is 0 Å². The molecule has 0 atom stereocenters. The van der Waals surface area contributed by atoms with Gasteiger partial charge in [-0.15, -0.1) is 0 Å². The van der Waals surface area contributed by atoms with Crippen molar-refractivity contribution in [3.63, 3.8) is 0 Å². The first-order valence-electron chi connectivity index (χ1n) is 4.94. The van der Waals surface area contributed by atoms with E-state index in [-0.39, 0.29) is 5.78 Å². The number of hydrogen-bond acceptors (Lipinski definition) is 3. The van der Waals surface area contributed by atoms with E-state index >= 15 is 0 Å². The third-order valence-electron chi connectivity index (χ3n) is 2.33. The highest BCUT2D eigenvalue weighted by atomic mass is 16.1. The van der Waals surface area contributed by atoms with E-state index in [2.05, 4.69) is 23.9 Å². The smallest absolute Gasteiger partial charge is 0.162 e. The Morgan fingerprint density at radius 3 is 2.80 bits per heavy atom. The molecule has 4 nitrogen and oxygen atoms in total. The molecule has 0 saturated heterocycles. The number of carbonyl (C=O) groups excluding carboxylic acids is 1. The molecule has 15 heavy (non-hydrogen) atoms. The molecule has 0 amide bonds. The van der Waals surface area contributed by atoms with Crippen LogP contribution in [0.25, 0.3) is 5.65 Å². The lowest BCUT2D eigenvalue weighted by Gasteiger charge is -1.96. The first-order valence-corrected chi connectivity index (χ1v) is 4.94. The highest BCUT2D eigenvalue weighted by molar-refractivity contribution is 5.93. The van der Waals surface area contributed by atoms with Crippen molar-refractivity contribution in [1.29, 1.82) is 0 Å². The van der Waals surface area contributed by atoms with Crippen molar-refractivity contribution in [2.45, 2.75) is 26.7 Å². The van der Waals surface area contributed by atoms with Gasteiger partial charge in [0.2, 0.25) is 0 Å². The Hall–Kier alpha value is -1.71. The van der Waals surface area contributed by atoms with E-state index < -0.39 is 0 Å². The Balaban J connectivity index is 2.57. The minimum absolute atomic E-state index is 0.00555. The van der Waals surface area contributed by atoms with Gasteiger partial charge in [-0.1, -0.05) is 13.8 Å². The highest BCUT2D eigenvalue weighted by Gasteiger charge is 2.07. The minimum Gasteiger partial charge on any atom is -0.294 e. The zero-order chi connectivity index (χ0) is 11.0. The molecule has 0 aliphatic rings. The van der Waals surface area contributed by atoms with Crippen LogP contribution in [0.15, 0.2) is 18.5 Å². The lowest BCUT2D eigenvalue weighted by molar-refractivity contribution is 0.101. The third kappa shape index (κ3) is 1.75. The molecular weight excluding hydrogens is 190 g/mol. The molecule has 0 aliphatic carbocycles. The number of rotatable bonds is 2. The molecule has 4 heteroatoms. The largest absolute Gasteiger partial charge is 0.294 e. The van der Waals surface area contributed by atoms with E-state index in [4.69, 9.17) is 0 Å². The summed E-state index contributed by atoms with van der Waals surface area (Å²) in [6.07, 6.45) is 3.31. The van der Waals surface area contributed by atoms with Gasteiger partial charge in [-0.05, 0) is 12.8 Å². The van der Waals surface area contributed by atoms with Crippen LogP contribution in [0.5, 0.6) is 0 Å². The maximum Gasteiger partial charge on any atom is 0.162 e. The summed E-state index contributed by atoms with van der Waals surface area (Å²) in [5.41, 5.74) is 2.35. The first kappa shape index (κ1) is 9.83. The van der Waals surface area contributed by atoms with Gasteiger partial charge >= 0.3 is 0 Å². The molecule has 0 N–H and O–H groups in total. The van der Waals surface area contributed by atoms with Crippen molar-refractivity contribution >= 4 is 11.4 Å². The maximum atomic E-state index is 11.1. The number of fused-ring (bicyclic) bond motifs is 1. The molecule has 0 spiro atoms. The Kier molecular flexibility index (Phi) is 2.26. The van der Waals surface area contributed by atoms with E-state index in [1.165, 1.54) is 6.92 Å². The summed E-state index contributed by atoms with van der Waals surface area (Å²) >= 11 is 0. The minimum atomic E-state index is 0.00555. The molecule has 0 saturated carbocycles. The van der Waals surface area contributed by atoms with Gasteiger partial charge in [0.15, 0.2) is 11.4 Å². The lowest BCUT2D eigenvalue weighted by Crippen LogP contribution is -1.98. The molecule has 2 aromatic rings. The Morgan fingerprint density at radius 1 is 1.47 bits per heavy atom. The lowest BCUT2D eigenvalue weighted by atomic mass is 10.1. The summed E-state index contributed by atoms with van der Waals surface area (Å²) in [5.74, 6) is 0.374. The molecule has 2 aromatic heterocycles. The van der Waals surface area contributed by atoms with E-state index in [0.717, 1.165) is 11.3 Å². The van der Waals surface area contributed by atoms with Crippen molar-refractivity contribution < 1.29 is 4.79 Å². The van der Waals surface area contributed by atoms with Gasteiger partial charge in [0.1, 0.15) is 0 Å². The predicted molar refractivity (Wildman–Crippen MR) is 57.1 cm³/mol. The van der Waals surface area contributed by atoms with Crippen LogP contribution in [0.1, 0.15) is 42.7 Å². The van der Waals surface area contributed by atoms with Gasteiger partial charge in [-0.2, -0.15) is 5.10 Å². The summed E-state index contributed by atoms with van der Waals surface area (Å²) in [6.45, 7) is 5.68. The topological polar surface area (TPSA) is 47.3 Å². The van der Waals surface area contributed by atoms with E-state index in [1.807, 2.05) is 6.07 Å². The molecule has 0 unspecified atom stereocenters. The second-order valence-electron chi connectivity index (χ2n) is 3.93. The van der Waals surface area contributed by atoms with E-state index in [1.54, 1.807) is 16.9 Å². The molecule has 0 bridgehead atoms. The SMILES string of the molecule is CC(=O)c1cnc2cc(C(C)C)nn2c1. The van der Waals surface area contributed by atoms with Crippen LogP contribution in [0, 0.1) is 0 Å². The normalized spacial score (nSPS) is 11.2. The molecule has 0 fully saturated rings. The Labute approximate surface area is 87.9 Å². The van der Waals surface area contributed by atoms with Crippen molar-refractivity contribution in [2.75, 3.05) is 0 Å². The summed E-state index contributed by atoms with van der Waals surface area (Å²) in [5, 5.41) is 4.36. The molecular formula is C11H13N3O. The Bertz CT molecular complexity index is 514. The summed E-state index contributed by atoms with van der Waals surface area (Å²) in [6, 6.07) is 1.94. The second-order valence-corrected chi connectivity index (χ2v) is 3.93. The third-order valence-corrected chi connectivity index (χ3v) is 2.33. The number of hydrogen-bond donors (Lipinski definition) is 0. The van der Waals surface area contributed by atoms with Crippen molar-refractivity contribution in [2.24, 2.45) is 0 Å². The average molecular weight is 203 g/mol. The molecule has 2 heterocycles. The van der Waals surface area contributed by atoms with Crippen LogP contribution in [0.2, 0.25) is 0 Å². The quantitative estimate of drug-likeness (QED) is 0.702. The standard InChI is InChI=1S/C11H13N3O/c1-7(2)10-4-11-12-5-9(8(3)15)6-14(11)13-10/h4-7H,1-3H3. The Morgan fingerprint density at radius 2 is 2.20 bits per heavy atom. The summed E-state index contributed by atoms with van der Waals surface area (Å²) < 4.78 is 1.66. The fourth-order valence-electron chi connectivity index (χ4n) is 1.36. The highest BCUT2D eigenvalue weighted by Crippen LogP contribution is 2.14. The van der Waals surface area contributed by atoms with Crippen molar-refractivity contribution in [3.05, 3.63) is 29.7 Å². The van der Waals surface area contributed by atoms with Gasteiger partial charge in [0.25, 0.3) is 0 Å². The zero-order valence-electron chi connectivity index (χ0n) is 9.06. The monoisotopic (exact) mass is 203 g/mol. The van der Waals surface area contributed by atoms with E-state index in [0.29, 0.717) is 11.5 Å². The molecule has 2 rings (SSSR count). The molecule has 0 aromatic carbocycles. The van der Waals surface area contributed by atoms with E-state index in [9.17, 15) is 4.79 Å². The van der Waals surface area contributed by atoms with Gasteiger partial charge in [-0.3, -0.25) is 4.79 Å². The van der Waals surface area contributed by atoms with Gasteiger partial charge < -0.3 is 0 Å². The number of nitrogens with zero attached hydrogens (tertiary/aromatic N) is 3. The fraction of sp³-hybridized carbons (Fsp3) is 0.364. The van der Waals surface area contributed by atoms with Crippen molar-refractivity contribution in [3.8, 4) is 0 Å². The van der Waals surface area contributed by atoms with Crippen LogP contribution in [-0.2, 0) is 0 Å². The zero-order valence-corrected chi connectivity index (χ0v) is 9.06. The predicted octanol–water partition coefficient (Wildman–Crippen LogP) is 2.06. The number of carbonyl (C=O) groups is 1.